The number of aromatic amines is 3. The average molecular weight is 237 g/mol. The van der Waals surface area contributed by atoms with Gasteiger partial charge in [0.25, 0.3) is 5.56 Å². The Balaban J connectivity index is 2.55. The van der Waals surface area contributed by atoms with Gasteiger partial charge in [-0.3, -0.25) is 14.8 Å². The Kier molecular flexibility index (Phi) is 2.84. The van der Waals surface area contributed by atoms with E-state index in [9.17, 15) is 9.59 Å². The van der Waals surface area contributed by atoms with Crippen molar-refractivity contribution in [1.82, 2.24) is 19.9 Å². The van der Waals surface area contributed by atoms with E-state index in [0.717, 1.165) is 6.42 Å². The monoisotopic (exact) mass is 237 g/mol. The lowest BCUT2D eigenvalue weighted by Crippen LogP contribution is -2.21. The maximum absolute atomic E-state index is 11.5. The largest absolute Gasteiger partial charge is 0.335 e. The Morgan fingerprint density at radius 3 is 2.65 bits per heavy atom. The molecule has 2 aromatic rings. The summed E-state index contributed by atoms with van der Waals surface area (Å²) in [6.07, 6.45) is 0.908. The third-order valence-corrected chi connectivity index (χ3v) is 2.98. The van der Waals surface area contributed by atoms with Crippen LogP contribution in [0.2, 0.25) is 0 Å². The second-order valence-electron chi connectivity index (χ2n) is 4.17. The highest BCUT2D eigenvalue weighted by Gasteiger charge is 2.18. The highest BCUT2D eigenvalue weighted by molar-refractivity contribution is 5.68. The Labute approximate surface area is 96.5 Å². The fourth-order valence-electron chi connectivity index (χ4n) is 1.63. The predicted octanol–water partition coefficient (Wildman–Crippen LogP) is -0.0146. The van der Waals surface area contributed by atoms with Crippen LogP contribution in [0.15, 0.2) is 9.59 Å². The summed E-state index contributed by atoms with van der Waals surface area (Å²) in [5.41, 5.74) is 5.44. The third kappa shape index (κ3) is 2.01. The molecule has 5 N–H and O–H groups in total. The van der Waals surface area contributed by atoms with Crippen molar-refractivity contribution in [3.63, 3.8) is 0 Å². The lowest BCUT2D eigenvalue weighted by molar-refractivity contribution is 0.442. The minimum absolute atomic E-state index is 0.237. The normalized spacial score (nSPS) is 15.0. The maximum Gasteiger partial charge on any atom is 0.327 e. The standard InChI is InChI=1S/C10H15N5O2/c1-3-4(2)5(11)7-12-6-8(13-7)14-10(17)15-9(6)16/h4-5H,3,11H2,1-2H3,(H3,12,13,14,15,16,17). The van der Waals surface area contributed by atoms with Crippen LogP contribution in [-0.4, -0.2) is 19.9 Å². The van der Waals surface area contributed by atoms with E-state index in [0.29, 0.717) is 5.82 Å². The molecule has 0 radical (unpaired) electrons. The fourth-order valence-corrected chi connectivity index (χ4v) is 1.63. The molecule has 17 heavy (non-hydrogen) atoms. The minimum Gasteiger partial charge on any atom is -0.335 e. The molecule has 2 heterocycles. The summed E-state index contributed by atoms with van der Waals surface area (Å²) >= 11 is 0. The summed E-state index contributed by atoms with van der Waals surface area (Å²) in [6.45, 7) is 4.03. The summed E-state index contributed by atoms with van der Waals surface area (Å²) in [7, 11) is 0. The van der Waals surface area contributed by atoms with Crippen LogP contribution < -0.4 is 17.0 Å². The van der Waals surface area contributed by atoms with Gasteiger partial charge in [0.05, 0.1) is 6.04 Å². The number of nitrogens with zero attached hydrogens (tertiary/aromatic N) is 1. The molecule has 0 aromatic carbocycles. The van der Waals surface area contributed by atoms with Crippen LogP contribution in [-0.2, 0) is 0 Å². The van der Waals surface area contributed by atoms with Crippen molar-refractivity contribution in [1.29, 1.82) is 0 Å². The number of H-pyrrole nitrogens is 3. The summed E-state index contributed by atoms with van der Waals surface area (Å²) in [6, 6.07) is -0.282. The molecular formula is C10H15N5O2. The number of hydrogen-bond donors (Lipinski definition) is 4. The zero-order chi connectivity index (χ0) is 12.6. The Morgan fingerprint density at radius 2 is 2.00 bits per heavy atom. The van der Waals surface area contributed by atoms with Crippen molar-refractivity contribution in [3.8, 4) is 0 Å². The zero-order valence-electron chi connectivity index (χ0n) is 9.70. The SMILES string of the molecule is CCC(C)C(N)c1nc2[nH]c(=O)[nH]c(=O)c2[nH]1. The topological polar surface area (TPSA) is 120 Å². The number of hydrogen-bond acceptors (Lipinski definition) is 4. The van der Waals surface area contributed by atoms with Crippen LogP contribution >= 0.6 is 0 Å². The molecule has 92 valence electrons. The van der Waals surface area contributed by atoms with E-state index in [1.807, 2.05) is 13.8 Å². The van der Waals surface area contributed by atoms with Crippen LogP contribution in [0.4, 0.5) is 0 Å². The van der Waals surface area contributed by atoms with Gasteiger partial charge in [-0.1, -0.05) is 20.3 Å². The highest BCUT2D eigenvalue weighted by Crippen LogP contribution is 2.19. The van der Waals surface area contributed by atoms with Gasteiger partial charge in [0.1, 0.15) is 11.3 Å². The van der Waals surface area contributed by atoms with Crippen molar-refractivity contribution >= 4 is 11.2 Å². The van der Waals surface area contributed by atoms with E-state index >= 15 is 0 Å². The first kappa shape index (κ1) is 11.6. The average Bonchev–Trinajstić information content (AvgIpc) is 2.70. The van der Waals surface area contributed by atoms with Gasteiger partial charge < -0.3 is 10.7 Å². The molecule has 0 fully saturated rings. The minimum atomic E-state index is -0.572. The molecule has 2 aromatic heterocycles. The molecule has 0 amide bonds. The smallest absolute Gasteiger partial charge is 0.327 e. The fraction of sp³-hybridized carbons (Fsp3) is 0.500. The number of imidazole rings is 1. The van der Waals surface area contributed by atoms with Crippen molar-refractivity contribution < 1.29 is 0 Å². The Bertz CT molecular complexity index is 638. The lowest BCUT2D eigenvalue weighted by Gasteiger charge is -2.15. The highest BCUT2D eigenvalue weighted by atomic mass is 16.2. The first-order valence-corrected chi connectivity index (χ1v) is 5.50. The second kappa shape index (κ2) is 4.17. The number of aromatic nitrogens is 4. The van der Waals surface area contributed by atoms with Gasteiger partial charge in [-0.15, -0.1) is 0 Å². The summed E-state index contributed by atoms with van der Waals surface area (Å²) in [5.74, 6) is 0.753. The molecule has 0 aliphatic carbocycles. The van der Waals surface area contributed by atoms with Crippen LogP contribution in [0, 0.1) is 5.92 Å². The third-order valence-electron chi connectivity index (χ3n) is 2.98. The van der Waals surface area contributed by atoms with E-state index in [-0.39, 0.29) is 23.1 Å². The molecular weight excluding hydrogens is 222 g/mol. The van der Waals surface area contributed by atoms with Gasteiger partial charge in [0.15, 0.2) is 5.65 Å². The van der Waals surface area contributed by atoms with Crippen LogP contribution in [0.3, 0.4) is 0 Å². The Hall–Kier alpha value is -1.89. The van der Waals surface area contributed by atoms with Crippen molar-refractivity contribution in [2.75, 3.05) is 0 Å². The molecule has 0 aliphatic rings. The summed E-state index contributed by atoms with van der Waals surface area (Å²) in [5, 5.41) is 0. The maximum atomic E-state index is 11.5. The number of nitrogens with two attached hydrogens (primary N) is 1. The molecule has 2 unspecified atom stereocenters. The Morgan fingerprint density at radius 1 is 1.29 bits per heavy atom. The van der Waals surface area contributed by atoms with E-state index in [4.69, 9.17) is 5.73 Å². The molecule has 0 saturated heterocycles. The van der Waals surface area contributed by atoms with E-state index in [1.54, 1.807) is 0 Å². The van der Waals surface area contributed by atoms with Gasteiger partial charge in [-0.2, -0.15) is 0 Å². The van der Waals surface area contributed by atoms with E-state index in [1.165, 1.54) is 0 Å². The van der Waals surface area contributed by atoms with Crippen LogP contribution in [0.1, 0.15) is 32.1 Å². The zero-order valence-corrected chi connectivity index (χ0v) is 9.70. The predicted molar refractivity (Wildman–Crippen MR) is 63.7 cm³/mol. The summed E-state index contributed by atoms with van der Waals surface area (Å²) in [4.78, 5) is 34.2. The molecule has 0 spiro atoms. The van der Waals surface area contributed by atoms with Gasteiger partial charge in [0, 0.05) is 0 Å². The number of fused-ring (bicyclic) bond motifs is 1. The quantitative estimate of drug-likeness (QED) is 0.599. The van der Waals surface area contributed by atoms with E-state index in [2.05, 4.69) is 19.9 Å². The summed E-state index contributed by atoms with van der Waals surface area (Å²) < 4.78 is 0. The molecule has 7 nitrogen and oxygen atoms in total. The molecule has 0 bridgehead atoms. The molecule has 0 saturated carbocycles. The molecule has 2 rings (SSSR count). The van der Waals surface area contributed by atoms with Crippen molar-refractivity contribution in [2.24, 2.45) is 11.7 Å². The van der Waals surface area contributed by atoms with Crippen molar-refractivity contribution in [3.05, 3.63) is 26.7 Å². The first-order valence-electron chi connectivity index (χ1n) is 5.50. The number of nitrogens with one attached hydrogen (secondary N) is 3. The first-order chi connectivity index (χ1) is 8.02. The molecule has 0 aliphatic heterocycles. The van der Waals surface area contributed by atoms with Gasteiger partial charge in [-0.05, 0) is 5.92 Å². The van der Waals surface area contributed by atoms with E-state index < -0.39 is 11.2 Å². The second-order valence-corrected chi connectivity index (χ2v) is 4.17. The van der Waals surface area contributed by atoms with Gasteiger partial charge in [0.2, 0.25) is 0 Å². The lowest BCUT2D eigenvalue weighted by atomic mass is 10.00. The van der Waals surface area contributed by atoms with Crippen LogP contribution in [0.25, 0.3) is 11.2 Å². The molecule has 7 heteroatoms. The van der Waals surface area contributed by atoms with Gasteiger partial charge >= 0.3 is 5.69 Å². The van der Waals surface area contributed by atoms with Crippen LogP contribution in [0.5, 0.6) is 0 Å². The van der Waals surface area contributed by atoms with Crippen molar-refractivity contribution in [2.45, 2.75) is 26.3 Å². The number of rotatable bonds is 3. The van der Waals surface area contributed by atoms with Gasteiger partial charge in [-0.25, -0.2) is 9.78 Å². The molecule has 2 atom stereocenters.